The second kappa shape index (κ2) is 8.02. The highest BCUT2D eigenvalue weighted by Gasteiger charge is 2.18. The van der Waals surface area contributed by atoms with Crippen molar-refractivity contribution in [3.63, 3.8) is 0 Å². The van der Waals surface area contributed by atoms with E-state index in [2.05, 4.69) is 76.0 Å². The molecular formula is C22H28N4. The molecule has 3 aromatic rings. The second-order valence-electron chi connectivity index (χ2n) is 7.28. The molecule has 0 amide bonds. The zero-order valence-electron chi connectivity index (χ0n) is 15.6. The zero-order chi connectivity index (χ0) is 17.8. The fraction of sp³-hybridized carbons (Fsp3) is 0.409. The minimum Gasteiger partial charge on any atom is -0.330 e. The van der Waals surface area contributed by atoms with E-state index in [4.69, 9.17) is 4.98 Å². The summed E-state index contributed by atoms with van der Waals surface area (Å²) in [4.78, 5) is 9.96. The Balaban J connectivity index is 1.25. The van der Waals surface area contributed by atoms with Gasteiger partial charge in [0.25, 0.3) is 0 Å². The molecule has 136 valence electrons. The fourth-order valence-corrected chi connectivity index (χ4v) is 3.86. The molecule has 1 saturated heterocycles. The molecule has 2 heterocycles. The minimum absolute atomic E-state index is 0.947. The Morgan fingerprint density at radius 1 is 0.846 bits per heavy atom. The van der Waals surface area contributed by atoms with Gasteiger partial charge in [-0.3, -0.25) is 4.90 Å². The van der Waals surface area contributed by atoms with E-state index >= 15 is 0 Å². The lowest BCUT2D eigenvalue weighted by Gasteiger charge is -2.34. The highest BCUT2D eigenvalue weighted by molar-refractivity contribution is 5.75. The van der Waals surface area contributed by atoms with Crippen LogP contribution in [-0.4, -0.2) is 52.1 Å². The standard InChI is InChI=1S/C22H28N4/c1-24-21-12-6-5-11-20(21)23-22(24)18-26-16-14-25(15-17-26)13-7-10-19-8-3-2-4-9-19/h2-6,8-9,11-12H,7,10,13-18H2,1H3. The predicted octanol–water partition coefficient (Wildman–Crippen LogP) is 3.32. The normalized spacial score (nSPS) is 16.3. The molecule has 26 heavy (non-hydrogen) atoms. The minimum atomic E-state index is 0.947. The molecule has 4 rings (SSSR count). The van der Waals surface area contributed by atoms with Crippen LogP contribution >= 0.6 is 0 Å². The van der Waals surface area contributed by atoms with Crippen LogP contribution in [0, 0.1) is 0 Å². The Hall–Kier alpha value is -2.17. The molecule has 0 radical (unpaired) electrons. The van der Waals surface area contributed by atoms with Crippen molar-refractivity contribution in [3.8, 4) is 0 Å². The van der Waals surface area contributed by atoms with Crippen molar-refractivity contribution < 1.29 is 0 Å². The lowest BCUT2D eigenvalue weighted by atomic mass is 10.1. The van der Waals surface area contributed by atoms with Crippen LogP contribution in [0.2, 0.25) is 0 Å². The lowest BCUT2D eigenvalue weighted by molar-refractivity contribution is 0.123. The van der Waals surface area contributed by atoms with Gasteiger partial charge in [0.1, 0.15) is 5.82 Å². The van der Waals surface area contributed by atoms with Crippen LogP contribution in [0.3, 0.4) is 0 Å². The number of imidazole rings is 1. The summed E-state index contributed by atoms with van der Waals surface area (Å²) in [5, 5.41) is 0. The van der Waals surface area contributed by atoms with Crippen LogP contribution in [0.1, 0.15) is 17.8 Å². The first-order valence-corrected chi connectivity index (χ1v) is 9.68. The Morgan fingerprint density at radius 3 is 2.31 bits per heavy atom. The van der Waals surface area contributed by atoms with E-state index in [0.717, 1.165) is 25.2 Å². The summed E-state index contributed by atoms with van der Waals surface area (Å²) in [6, 6.07) is 19.2. The third kappa shape index (κ3) is 3.97. The molecule has 1 fully saturated rings. The van der Waals surface area contributed by atoms with E-state index in [1.807, 2.05) is 0 Å². The maximum absolute atomic E-state index is 4.82. The quantitative estimate of drug-likeness (QED) is 0.683. The Labute approximate surface area is 156 Å². The van der Waals surface area contributed by atoms with Crippen LogP contribution in [0.4, 0.5) is 0 Å². The van der Waals surface area contributed by atoms with Gasteiger partial charge in [-0.25, -0.2) is 4.98 Å². The molecule has 0 atom stereocenters. The summed E-state index contributed by atoms with van der Waals surface area (Å²) in [7, 11) is 2.13. The summed E-state index contributed by atoms with van der Waals surface area (Å²) in [6.07, 6.45) is 2.43. The number of nitrogens with zero attached hydrogens (tertiary/aromatic N) is 4. The molecule has 0 saturated carbocycles. The first-order chi connectivity index (χ1) is 12.8. The Bertz CT molecular complexity index is 832. The largest absolute Gasteiger partial charge is 0.330 e. The number of fused-ring (bicyclic) bond motifs is 1. The van der Waals surface area contributed by atoms with Crippen LogP contribution < -0.4 is 0 Å². The molecule has 0 N–H and O–H groups in total. The number of aryl methyl sites for hydroxylation is 2. The SMILES string of the molecule is Cn1c(CN2CCN(CCCc3ccccc3)CC2)nc2ccccc21. The maximum Gasteiger partial charge on any atom is 0.123 e. The molecule has 0 unspecified atom stereocenters. The van der Waals surface area contributed by atoms with Gasteiger partial charge >= 0.3 is 0 Å². The number of aromatic nitrogens is 2. The van der Waals surface area contributed by atoms with Crippen LogP contribution in [0.25, 0.3) is 11.0 Å². The lowest BCUT2D eigenvalue weighted by Crippen LogP contribution is -2.46. The van der Waals surface area contributed by atoms with E-state index in [-0.39, 0.29) is 0 Å². The van der Waals surface area contributed by atoms with Gasteiger partial charge in [-0.1, -0.05) is 42.5 Å². The molecule has 1 aromatic heterocycles. The zero-order valence-corrected chi connectivity index (χ0v) is 15.6. The van der Waals surface area contributed by atoms with Crippen molar-refractivity contribution in [3.05, 3.63) is 66.0 Å². The van der Waals surface area contributed by atoms with Gasteiger partial charge in [-0.2, -0.15) is 0 Å². The van der Waals surface area contributed by atoms with Gasteiger partial charge < -0.3 is 9.47 Å². The maximum atomic E-state index is 4.82. The number of benzene rings is 2. The molecule has 4 nitrogen and oxygen atoms in total. The molecule has 0 aliphatic carbocycles. The first-order valence-electron chi connectivity index (χ1n) is 9.68. The van der Waals surface area contributed by atoms with Crippen molar-refractivity contribution in [1.82, 2.24) is 19.4 Å². The first kappa shape index (κ1) is 17.3. The molecule has 2 aromatic carbocycles. The molecule has 0 spiro atoms. The average molecular weight is 348 g/mol. The van der Waals surface area contributed by atoms with Crippen molar-refractivity contribution in [2.24, 2.45) is 7.05 Å². The Kier molecular flexibility index (Phi) is 5.32. The molecule has 1 aliphatic rings. The summed E-state index contributed by atoms with van der Waals surface area (Å²) in [6.45, 7) is 6.75. The highest BCUT2D eigenvalue weighted by atomic mass is 15.3. The van der Waals surface area contributed by atoms with Crippen LogP contribution in [-0.2, 0) is 20.0 Å². The number of rotatable bonds is 6. The summed E-state index contributed by atoms with van der Waals surface area (Å²) in [5.41, 5.74) is 3.78. The number of para-hydroxylation sites is 2. The van der Waals surface area contributed by atoms with E-state index in [9.17, 15) is 0 Å². The predicted molar refractivity (Wildman–Crippen MR) is 107 cm³/mol. The van der Waals surface area contributed by atoms with Gasteiger partial charge in [0.15, 0.2) is 0 Å². The highest BCUT2D eigenvalue weighted by Crippen LogP contribution is 2.16. The molecular weight excluding hydrogens is 320 g/mol. The Morgan fingerprint density at radius 2 is 1.54 bits per heavy atom. The van der Waals surface area contributed by atoms with E-state index in [0.29, 0.717) is 0 Å². The van der Waals surface area contributed by atoms with Crippen molar-refractivity contribution in [2.45, 2.75) is 19.4 Å². The van der Waals surface area contributed by atoms with Gasteiger partial charge in [0.05, 0.1) is 17.6 Å². The average Bonchev–Trinajstić information content (AvgIpc) is 3.00. The van der Waals surface area contributed by atoms with Crippen molar-refractivity contribution in [2.75, 3.05) is 32.7 Å². The van der Waals surface area contributed by atoms with E-state index in [1.165, 1.54) is 49.4 Å². The van der Waals surface area contributed by atoms with E-state index < -0.39 is 0 Å². The third-order valence-electron chi connectivity index (χ3n) is 5.49. The van der Waals surface area contributed by atoms with Gasteiger partial charge in [-0.05, 0) is 37.1 Å². The van der Waals surface area contributed by atoms with Crippen molar-refractivity contribution >= 4 is 11.0 Å². The smallest absolute Gasteiger partial charge is 0.123 e. The summed E-state index contributed by atoms with van der Waals surface area (Å²) in [5.74, 6) is 1.17. The molecule has 0 bridgehead atoms. The number of piperazine rings is 1. The van der Waals surface area contributed by atoms with Crippen LogP contribution in [0.15, 0.2) is 54.6 Å². The monoisotopic (exact) mass is 348 g/mol. The second-order valence-corrected chi connectivity index (χ2v) is 7.28. The van der Waals surface area contributed by atoms with Crippen LogP contribution in [0.5, 0.6) is 0 Å². The van der Waals surface area contributed by atoms with Gasteiger partial charge in [-0.15, -0.1) is 0 Å². The third-order valence-corrected chi connectivity index (χ3v) is 5.49. The molecule has 4 heteroatoms. The number of hydrogen-bond donors (Lipinski definition) is 0. The summed E-state index contributed by atoms with van der Waals surface area (Å²) >= 11 is 0. The van der Waals surface area contributed by atoms with E-state index in [1.54, 1.807) is 0 Å². The fourth-order valence-electron chi connectivity index (χ4n) is 3.86. The topological polar surface area (TPSA) is 24.3 Å². The van der Waals surface area contributed by atoms with Gasteiger partial charge in [0, 0.05) is 33.2 Å². The number of hydrogen-bond acceptors (Lipinski definition) is 3. The van der Waals surface area contributed by atoms with Gasteiger partial charge in [0.2, 0.25) is 0 Å². The molecule has 1 aliphatic heterocycles. The van der Waals surface area contributed by atoms with Crippen molar-refractivity contribution in [1.29, 1.82) is 0 Å². The summed E-state index contributed by atoms with van der Waals surface area (Å²) < 4.78 is 2.24.